The van der Waals surface area contributed by atoms with Crippen LogP contribution < -0.4 is 5.32 Å². The molecule has 0 aliphatic heterocycles. The molecule has 0 aromatic heterocycles. The average Bonchev–Trinajstić information content (AvgIpc) is 2.17. The summed E-state index contributed by atoms with van der Waals surface area (Å²) in [6.45, 7) is 7.75. The third-order valence-electron chi connectivity index (χ3n) is 2.33. The number of carbonyl (C=O) groups excluding carboxylic acids is 1. The Morgan fingerprint density at radius 3 is 2.20 bits per heavy atom. The summed E-state index contributed by atoms with van der Waals surface area (Å²) < 4.78 is 0. The molecule has 0 spiro atoms. The van der Waals surface area contributed by atoms with Crippen LogP contribution in [-0.2, 0) is 4.79 Å². The van der Waals surface area contributed by atoms with Crippen LogP contribution in [0.5, 0.6) is 0 Å². The van der Waals surface area contributed by atoms with Gasteiger partial charge < -0.3 is 5.32 Å². The zero-order chi connectivity index (χ0) is 11.5. The maximum Gasteiger partial charge on any atom is 0.225 e. The lowest BCUT2D eigenvalue weighted by atomic mass is 9.95. The Morgan fingerprint density at radius 2 is 1.73 bits per heavy atom. The van der Waals surface area contributed by atoms with Crippen molar-refractivity contribution in [3.05, 3.63) is 35.9 Å². The Balaban J connectivity index is 2.65. The summed E-state index contributed by atoms with van der Waals surface area (Å²) in [6, 6.07) is 10.0. The lowest BCUT2D eigenvalue weighted by molar-refractivity contribution is -0.129. The summed E-state index contributed by atoms with van der Waals surface area (Å²) in [5.74, 6) is 0.0823. The Hall–Kier alpha value is -1.31. The van der Waals surface area contributed by atoms with Gasteiger partial charge >= 0.3 is 0 Å². The molecule has 2 heteroatoms. The fourth-order valence-electron chi connectivity index (χ4n) is 1.24. The van der Waals surface area contributed by atoms with E-state index >= 15 is 0 Å². The Labute approximate surface area is 91.7 Å². The number of carbonyl (C=O) groups is 1. The van der Waals surface area contributed by atoms with E-state index in [1.165, 1.54) is 0 Å². The molecular formula is C13H19NO. The fourth-order valence-corrected chi connectivity index (χ4v) is 1.24. The second kappa shape index (κ2) is 4.47. The van der Waals surface area contributed by atoms with E-state index in [-0.39, 0.29) is 17.4 Å². The van der Waals surface area contributed by atoms with Gasteiger partial charge in [-0.25, -0.2) is 0 Å². The Morgan fingerprint density at radius 1 is 1.20 bits per heavy atom. The van der Waals surface area contributed by atoms with E-state index in [0.717, 1.165) is 5.56 Å². The molecule has 0 aliphatic rings. The molecule has 0 aliphatic carbocycles. The quantitative estimate of drug-likeness (QED) is 0.790. The van der Waals surface area contributed by atoms with Crippen molar-refractivity contribution in [1.29, 1.82) is 0 Å². The van der Waals surface area contributed by atoms with Crippen molar-refractivity contribution in [2.75, 3.05) is 0 Å². The van der Waals surface area contributed by atoms with Crippen LogP contribution >= 0.6 is 0 Å². The number of hydrogen-bond donors (Lipinski definition) is 1. The fraction of sp³-hybridized carbons (Fsp3) is 0.462. The third kappa shape index (κ3) is 3.39. The van der Waals surface area contributed by atoms with Crippen molar-refractivity contribution in [2.45, 2.75) is 33.7 Å². The summed E-state index contributed by atoms with van der Waals surface area (Å²) in [5.41, 5.74) is 0.804. The van der Waals surface area contributed by atoms with Crippen LogP contribution in [0.1, 0.15) is 39.3 Å². The summed E-state index contributed by atoms with van der Waals surface area (Å²) >= 11 is 0. The first-order chi connectivity index (χ1) is 6.91. The lowest BCUT2D eigenvalue weighted by Crippen LogP contribution is -2.36. The molecule has 1 aromatic carbocycles. The predicted octanol–water partition coefficient (Wildman–Crippen LogP) is 2.91. The van der Waals surface area contributed by atoms with E-state index in [2.05, 4.69) is 5.32 Å². The van der Waals surface area contributed by atoms with E-state index in [0.29, 0.717) is 0 Å². The van der Waals surface area contributed by atoms with E-state index in [1.807, 2.05) is 58.0 Å². The van der Waals surface area contributed by atoms with Crippen molar-refractivity contribution in [2.24, 2.45) is 5.41 Å². The Bertz CT molecular complexity index is 324. The first-order valence-electron chi connectivity index (χ1n) is 5.27. The topological polar surface area (TPSA) is 29.1 Å². The highest BCUT2D eigenvalue weighted by Gasteiger charge is 2.22. The van der Waals surface area contributed by atoms with Gasteiger partial charge in [0.2, 0.25) is 5.91 Å². The van der Waals surface area contributed by atoms with Gasteiger partial charge in [0.1, 0.15) is 0 Å². The van der Waals surface area contributed by atoms with Gasteiger partial charge in [0.25, 0.3) is 0 Å². The van der Waals surface area contributed by atoms with Crippen LogP contribution in [0, 0.1) is 5.41 Å². The number of benzene rings is 1. The molecule has 82 valence electrons. The minimum Gasteiger partial charge on any atom is -0.349 e. The van der Waals surface area contributed by atoms with Gasteiger partial charge in [-0.1, -0.05) is 51.1 Å². The number of nitrogens with one attached hydrogen (secondary N) is 1. The van der Waals surface area contributed by atoms with Crippen LogP contribution in [0.3, 0.4) is 0 Å². The van der Waals surface area contributed by atoms with Gasteiger partial charge in [0, 0.05) is 5.41 Å². The van der Waals surface area contributed by atoms with Gasteiger partial charge in [-0.05, 0) is 12.5 Å². The summed E-state index contributed by atoms with van der Waals surface area (Å²) in [7, 11) is 0. The van der Waals surface area contributed by atoms with Crippen molar-refractivity contribution >= 4 is 5.91 Å². The number of amides is 1. The maximum atomic E-state index is 11.7. The van der Waals surface area contributed by atoms with Crippen LogP contribution in [0.25, 0.3) is 0 Å². The van der Waals surface area contributed by atoms with Gasteiger partial charge in [-0.2, -0.15) is 0 Å². The Kier molecular flexibility index (Phi) is 3.51. The van der Waals surface area contributed by atoms with Gasteiger partial charge in [0.15, 0.2) is 0 Å². The van der Waals surface area contributed by atoms with Crippen LogP contribution in [0.2, 0.25) is 0 Å². The molecule has 1 atom stereocenters. The lowest BCUT2D eigenvalue weighted by Gasteiger charge is -2.22. The van der Waals surface area contributed by atoms with E-state index in [4.69, 9.17) is 0 Å². The minimum absolute atomic E-state index is 0.0675. The molecule has 1 aromatic rings. The van der Waals surface area contributed by atoms with E-state index in [9.17, 15) is 4.79 Å². The summed E-state index contributed by atoms with van der Waals surface area (Å²) in [4.78, 5) is 11.7. The van der Waals surface area contributed by atoms with Crippen LogP contribution in [0.4, 0.5) is 0 Å². The van der Waals surface area contributed by atoms with Gasteiger partial charge in [-0.3, -0.25) is 4.79 Å². The third-order valence-corrected chi connectivity index (χ3v) is 2.33. The van der Waals surface area contributed by atoms with Crippen molar-refractivity contribution in [1.82, 2.24) is 5.32 Å². The van der Waals surface area contributed by atoms with Crippen LogP contribution in [0.15, 0.2) is 30.3 Å². The SMILES string of the molecule is C[C@H](NC(=O)C(C)(C)C)c1ccccc1. The summed E-state index contributed by atoms with van der Waals surface area (Å²) in [5, 5.41) is 3.00. The molecule has 15 heavy (non-hydrogen) atoms. The second-order valence-electron chi connectivity index (χ2n) is 4.86. The first kappa shape index (κ1) is 11.8. The minimum atomic E-state index is -0.330. The van der Waals surface area contributed by atoms with Gasteiger partial charge in [0.05, 0.1) is 6.04 Å². The molecule has 0 saturated carbocycles. The summed E-state index contributed by atoms with van der Waals surface area (Å²) in [6.07, 6.45) is 0. The highest BCUT2D eigenvalue weighted by atomic mass is 16.2. The molecule has 0 fully saturated rings. The number of rotatable bonds is 2. The van der Waals surface area contributed by atoms with E-state index < -0.39 is 0 Å². The standard InChI is InChI=1S/C13H19NO/c1-10(11-8-6-5-7-9-11)14-12(15)13(2,3)4/h5-10H,1-4H3,(H,14,15)/t10-/m0/s1. The average molecular weight is 205 g/mol. The second-order valence-corrected chi connectivity index (χ2v) is 4.86. The first-order valence-corrected chi connectivity index (χ1v) is 5.27. The molecule has 1 amide bonds. The molecule has 1 N–H and O–H groups in total. The zero-order valence-corrected chi connectivity index (χ0v) is 9.87. The maximum absolute atomic E-state index is 11.7. The van der Waals surface area contributed by atoms with Crippen molar-refractivity contribution in [3.8, 4) is 0 Å². The molecule has 0 radical (unpaired) electrons. The van der Waals surface area contributed by atoms with Gasteiger partial charge in [-0.15, -0.1) is 0 Å². The molecule has 0 heterocycles. The molecular weight excluding hydrogens is 186 g/mol. The number of hydrogen-bond acceptors (Lipinski definition) is 1. The monoisotopic (exact) mass is 205 g/mol. The molecule has 1 rings (SSSR count). The zero-order valence-electron chi connectivity index (χ0n) is 9.87. The predicted molar refractivity (Wildman–Crippen MR) is 62.5 cm³/mol. The van der Waals surface area contributed by atoms with Crippen LogP contribution in [-0.4, -0.2) is 5.91 Å². The smallest absolute Gasteiger partial charge is 0.225 e. The molecule has 0 bridgehead atoms. The van der Waals surface area contributed by atoms with E-state index in [1.54, 1.807) is 0 Å². The van der Waals surface area contributed by atoms with Crippen molar-refractivity contribution in [3.63, 3.8) is 0 Å². The van der Waals surface area contributed by atoms with Crippen molar-refractivity contribution < 1.29 is 4.79 Å². The largest absolute Gasteiger partial charge is 0.349 e. The molecule has 2 nitrogen and oxygen atoms in total. The highest BCUT2D eigenvalue weighted by molar-refractivity contribution is 5.81. The highest BCUT2D eigenvalue weighted by Crippen LogP contribution is 2.17. The molecule has 0 unspecified atom stereocenters. The normalized spacial score (nSPS) is 13.3. The molecule has 0 saturated heterocycles.